The first kappa shape index (κ1) is 21.0. The predicted molar refractivity (Wildman–Crippen MR) is 101 cm³/mol. The van der Waals surface area contributed by atoms with Crippen LogP contribution in [0.2, 0.25) is 0 Å². The molecule has 0 radical (unpaired) electrons. The van der Waals surface area contributed by atoms with Gasteiger partial charge in [0.05, 0.1) is 6.61 Å². The van der Waals surface area contributed by atoms with Gasteiger partial charge in [-0.2, -0.15) is 0 Å². The zero-order valence-corrected chi connectivity index (χ0v) is 15.1. The average Bonchev–Trinajstić information content (AvgIpc) is 2.64. The number of halogens is 1. The van der Waals surface area contributed by atoms with E-state index in [2.05, 4.69) is 5.32 Å². The van der Waals surface area contributed by atoms with E-state index in [0.29, 0.717) is 31.1 Å². The number of carbonyl (C=O) groups is 1. The molecule has 1 unspecified atom stereocenters. The van der Waals surface area contributed by atoms with Crippen molar-refractivity contribution in [1.82, 2.24) is 5.32 Å². The van der Waals surface area contributed by atoms with Crippen molar-refractivity contribution in [2.24, 2.45) is 5.73 Å². The largest absolute Gasteiger partial charge is 0.493 e. The SMILES string of the molecule is COCCCOc1cccc(C(=O)NCC(N)c2ccccc2)c1.Cl. The van der Waals surface area contributed by atoms with Gasteiger partial charge < -0.3 is 20.5 Å². The Balaban J connectivity index is 0.00000312. The minimum Gasteiger partial charge on any atom is -0.493 e. The number of nitrogens with two attached hydrogens (primary N) is 1. The lowest BCUT2D eigenvalue weighted by Crippen LogP contribution is -2.31. The Labute approximate surface area is 154 Å². The Bertz CT molecular complexity index is 638. The van der Waals surface area contributed by atoms with Gasteiger partial charge in [-0.15, -0.1) is 12.4 Å². The molecular weight excluding hydrogens is 340 g/mol. The van der Waals surface area contributed by atoms with Crippen LogP contribution in [0.1, 0.15) is 28.4 Å². The number of nitrogens with one attached hydrogen (secondary N) is 1. The standard InChI is InChI=1S/C19H24N2O3.ClH/c1-23-11-6-12-24-17-10-5-9-16(13-17)19(22)21-14-18(20)15-7-3-2-4-8-15;/h2-5,7-10,13,18H,6,11-12,14,20H2,1H3,(H,21,22);1H. The van der Waals surface area contributed by atoms with E-state index in [9.17, 15) is 4.79 Å². The van der Waals surface area contributed by atoms with Gasteiger partial charge in [-0.05, 0) is 23.8 Å². The van der Waals surface area contributed by atoms with Gasteiger partial charge in [-0.25, -0.2) is 0 Å². The smallest absolute Gasteiger partial charge is 0.251 e. The summed E-state index contributed by atoms with van der Waals surface area (Å²) < 4.78 is 10.6. The van der Waals surface area contributed by atoms with E-state index in [-0.39, 0.29) is 24.4 Å². The third-order valence-electron chi connectivity index (χ3n) is 3.57. The molecule has 1 atom stereocenters. The van der Waals surface area contributed by atoms with Crippen LogP contribution in [0.5, 0.6) is 5.75 Å². The molecule has 136 valence electrons. The summed E-state index contributed by atoms with van der Waals surface area (Å²) in [4.78, 5) is 12.3. The molecule has 3 N–H and O–H groups in total. The number of methoxy groups -OCH3 is 1. The van der Waals surface area contributed by atoms with Gasteiger partial charge in [-0.3, -0.25) is 4.79 Å². The monoisotopic (exact) mass is 364 g/mol. The van der Waals surface area contributed by atoms with E-state index in [1.54, 1.807) is 25.3 Å². The minimum absolute atomic E-state index is 0. The molecule has 0 saturated carbocycles. The third-order valence-corrected chi connectivity index (χ3v) is 3.57. The molecule has 0 aromatic heterocycles. The van der Waals surface area contributed by atoms with Crippen molar-refractivity contribution >= 4 is 18.3 Å². The molecule has 0 heterocycles. The number of amides is 1. The molecule has 0 aliphatic heterocycles. The Hall–Kier alpha value is -2.08. The van der Waals surface area contributed by atoms with E-state index in [0.717, 1.165) is 12.0 Å². The molecule has 0 aliphatic carbocycles. The molecule has 0 bridgehead atoms. The lowest BCUT2D eigenvalue weighted by molar-refractivity contribution is 0.0950. The van der Waals surface area contributed by atoms with E-state index in [1.165, 1.54) is 0 Å². The second-order valence-electron chi connectivity index (χ2n) is 5.45. The second-order valence-corrected chi connectivity index (χ2v) is 5.45. The lowest BCUT2D eigenvalue weighted by Gasteiger charge is -2.13. The summed E-state index contributed by atoms with van der Waals surface area (Å²) in [6.45, 7) is 1.58. The van der Waals surface area contributed by atoms with Crippen LogP contribution in [0.4, 0.5) is 0 Å². The molecule has 0 saturated heterocycles. The van der Waals surface area contributed by atoms with Crippen molar-refractivity contribution in [2.45, 2.75) is 12.5 Å². The molecule has 0 spiro atoms. The summed E-state index contributed by atoms with van der Waals surface area (Å²) in [7, 11) is 1.66. The zero-order chi connectivity index (χ0) is 17.2. The van der Waals surface area contributed by atoms with Gasteiger partial charge in [0.1, 0.15) is 5.75 Å². The average molecular weight is 365 g/mol. The molecule has 2 aromatic carbocycles. The predicted octanol–water partition coefficient (Wildman–Crippen LogP) is 2.95. The van der Waals surface area contributed by atoms with Crippen molar-refractivity contribution < 1.29 is 14.3 Å². The van der Waals surface area contributed by atoms with Crippen molar-refractivity contribution in [3.63, 3.8) is 0 Å². The van der Waals surface area contributed by atoms with Crippen LogP contribution in [0.25, 0.3) is 0 Å². The van der Waals surface area contributed by atoms with Crippen LogP contribution >= 0.6 is 12.4 Å². The fourth-order valence-corrected chi connectivity index (χ4v) is 2.24. The minimum atomic E-state index is -0.233. The van der Waals surface area contributed by atoms with Crippen molar-refractivity contribution in [3.05, 3.63) is 65.7 Å². The summed E-state index contributed by atoms with van der Waals surface area (Å²) in [5.41, 5.74) is 7.64. The fourth-order valence-electron chi connectivity index (χ4n) is 2.24. The number of benzene rings is 2. The maximum Gasteiger partial charge on any atom is 0.251 e. The highest BCUT2D eigenvalue weighted by molar-refractivity contribution is 5.94. The quantitative estimate of drug-likeness (QED) is 0.671. The number of hydrogen-bond acceptors (Lipinski definition) is 4. The molecule has 5 nitrogen and oxygen atoms in total. The van der Waals surface area contributed by atoms with Crippen LogP contribution in [0.3, 0.4) is 0 Å². The highest BCUT2D eigenvalue weighted by Gasteiger charge is 2.10. The van der Waals surface area contributed by atoms with Gasteiger partial charge in [0, 0.05) is 38.3 Å². The summed E-state index contributed by atoms with van der Waals surface area (Å²) in [6, 6.07) is 16.6. The van der Waals surface area contributed by atoms with Gasteiger partial charge in [0.2, 0.25) is 0 Å². The molecule has 2 rings (SSSR count). The van der Waals surface area contributed by atoms with Crippen molar-refractivity contribution in [2.75, 3.05) is 26.9 Å². The normalized spacial score (nSPS) is 11.3. The Kier molecular flexibility index (Phi) is 9.62. The van der Waals surface area contributed by atoms with Crippen molar-refractivity contribution in [1.29, 1.82) is 0 Å². The Morgan fingerprint density at radius 2 is 1.88 bits per heavy atom. The molecule has 0 aliphatic rings. The summed E-state index contributed by atoms with van der Waals surface area (Å²) in [5, 5.41) is 2.86. The second kappa shape index (κ2) is 11.5. The highest BCUT2D eigenvalue weighted by atomic mass is 35.5. The van der Waals surface area contributed by atoms with Crippen LogP contribution in [0, 0.1) is 0 Å². The molecular formula is C19H25ClN2O3. The maximum atomic E-state index is 12.3. The van der Waals surface area contributed by atoms with Gasteiger partial charge in [-0.1, -0.05) is 36.4 Å². The first-order valence-electron chi connectivity index (χ1n) is 8.01. The number of carbonyl (C=O) groups excluding carboxylic acids is 1. The maximum absolute atomic E-state index is 12.3. The Morgan fingerprint density at radius 3 is 2.60 bits per heavy atom. The van der Waals surface area contributed by atoms with Crippen LogP contribution in [-0.2, 0) is 4.74 Å². The van der Waals surface area contributed by atoms with E-state index < -0.39 is 0 Å². The Morgan fingerprint density at radius 1 is 1.12 bits per heavy atom. The van der Waals surface area contributed by atoms with Crippen LogP contribution in [0.15, 0.2) is 54.6 Å². The van der Waals surface area contributed by atoms with Crippen molar-refractivity contribution in [3.8, 4) is 5.75 Å². The van der Waals surface area contributed by atoms with E-state index in [4.69, 9.17) is 15.2 Å². The van der Waals surface area contributed by atoms with E-state index in [1.807, 2.05) is 36.4 Å². The van der Waals surface area contributed by atoms with Gasteiger partial charge >= 0.3 is 0 Å². The van der Waals surface area contributed by atoms with Gasteiger partial charge in [0.15, 0.2) is 0 Å². The number of hydrogen-bond donors (Lipinski definition) is 2. The molecule has 1 amide bonds. The number of ether oxygens (including phenoxy) is 2. The van der Waals surface area contributed by atoms with Crippen LogP contribution in [-0.4, -0.2) is 32.8 Å². The van der Waals surface area contributed by atoms with Gasteiger partial charge in [0.25, 0.3) is 5.91 Å². The first-order valence-corrected chi connectivity index (χ1v) is 8.01. The topological polar surface area (TPSA) is 73.6 Å². The summed E-state index contributed by atoms with van der Waals surface area (Å²) in [5.74, 6) is 0.509. The fraction of sp³-hybridized carbons (Fsp3) is 0.316. The summed E-state index contributed by atoms with van der Waals surface area (Å²) >= 11 is 0. The molecule has 6 heteroatoms. The number of rotatable bonds is 9. The molecule has 0 fully saturated rings. The molecule has 2 aromatic rings. The highest BCUT2D eigenvalue weighted by Crippen LogP contribution is 2.14. The third kappa shape index (κ3) is 7.13. The van der Waals surface area contributed by atoms with Crippen LogP contribution < -0.4 is 15.8 Å². The first-order chi connectivity index (χ1) is 11.7. The summed E-state index contributed by atoms with van der Waals surface area (Å²) in [6.07, 6.45) is 0.804. The van der Waals surface area contributed by atoms with E-state index >= 15 is 0 Å². The molecule has 25 heavy (non-hydrogen) atoms. The lowest BCUT2D eigenvalue weighted by atomic mass is 10.1. The zero-order valence-electron chi connectivity index (χ0n) is 14.3.